The van der Waals surface area contributed by atoms with Crippen LogP contribution in [0.4, 0.5) is 0 Å². The fourth-order valence-corrected chi connectivity index (χ4v) is 5.83. The van der Waals surface area contributed by atoms with Crippen molar-refractivity contribution in [1.82, 2.24) is 0 Å². The Hall–Kier alpha value is 0.0900. The minimum absolute atomic E-state index is 0.0456. The van der Waals surface area contributed by atoms with Gasteiger partial charge in [-0.1, -0.05) is 0 Å². The number of aliphatic carboxylic acids is 1. The summed E-state index contributed by atoms with van der Waals surface area (Å²) in [5.41, 5.74) is 5.85. The Bertz CT molecular complexity index is 343. The summed E-state index contributed by atoms with van der Waals surface area (Å²) in [5.74, 6) is 1.33. The molecule has 2 rings (SSSR count). The van der Waals surface area contributed by atoms with Gasteiger partial charge in [0.25, 0.3) is 0 Å². The lowest BCUT2D eigenvalue weighted by molar-refractivity contribution is -0.139. The number of hydrogen-bond donors (Lipinski definition) is 2. The molecule has 2 unspecified atom stereocenters. The zero-order valence-corrected chi connectivity index (χ0v) is 13.2. The van der Waals surface area contributed by atoms with Gasteiger partial charge in [-0.05, 0) is 38.9 Å². The van der Waals surface area contributed by atoms with Crippen LogP contribution in [0.1, 0.15) is 33.1 Å². The molecule has 0 aromatic heterocycles. The van der Waals surface area contributed by atoms with Crippen molar-refractivity contribution in [2.75, 3.05) is 18.1 Å². The van der Waals surface area contributed by atoms with Gasteiger partial charge in [0, 0.05) is 22.4 Å². The van der Waals surface area contributed by atoms with Crippen LogP contribution >= 0.6 is 23.5 Å². The summed E-state index contributed by atoms with van der Waals surface area (Å²) in [4.78, 5) is 11.1. The van der Waals surface area contributed by atoms with Crippen LogP contribution in [0.3, 0.4) is 0 Å². The van der Waals surface area contributed by atoms with Crippen LogP contribution in [0.15, 0.2) is 0 Å². The number of nitrogens with two attached hydrogens (primary N) is 1. The molecule has 110 valence electrons. The zero-order chi connectivity index (χ0) is 14.1. The second-order valence-electron chi connectivity index (χ2n) is 5.99. The highest BCUT2D eigenvalue weighted by atomic mass is 32.2. The van der Waals surface area contributed by atoms with E-state index in [2.05, 4.69) is 0 Å². The fourth-order valence-electron chi connectivity index (χ4n) is 2.75. The van der Waals surface area contributed by atoms with Gasteiger partial charge in [0.1, 0.15) is 6.04 Å². The summed E-state index contributed by atoms with van der Waals surface area (Å²) >= 11 is 3.68. The van der Waals surface area contributed by atoms with Gasteiger partial charge in [-0.2, -0.15) is 11.8 Å². The topological polar surface area (TPSA) is 72.5 Å². The Labute approximate surface area is 123 Å². The van der Waals surface area contributed by atoms with Crippen LogP contribution in [0.5, 0.6) is 0 Å². The molecule has 2 fully saturated rings. The lowest BCUT2D eigenvalue weighted by atomic mass is 9.93. The third-order valence-electron chi connectivity index (χ3n) is 4.00. The van der Waals surface area contributed by atoms with E-state index in [-0.39, 0.29) is 5.60 Å². The minimum Gasteiger partial charge on any atom is -0.480 e. The number of ether oxygens (including phenoxy) is 1. The molecule has 0 bridgehead atoms. The first-order valence-corrected chi connectivity index (χ1v) is 8.76. The van der Waals surface area contributed by atoms with Crippen molar-refractivity contribution < 1.29 is 14.6 Å². The normalized spacial score (nSPS) is 33.5. The molecule has 1 spiro atoms. The number of thioether (sulfide) groups is 2. The highest BCUT2D eigenvalue weighted by molar-refractivity contribution is 8.01. The first-order valence-electron chi connectivity index (χ1n) is 6.73. The van der Waals surface area contributed by atoms with Crippen molar-refractivity contribution in [1.29, 1.82) is 0 Å². The van der Waals surface area contributed by atoms with Gasteiger partial charge < -0.3 is 15.6 Å². The molecule has 2 heterocycles. The standard InChI is InChI=1S/C13H23NO3S2/c1-12(2,10(14)11(15)16)19-9-3-5-17-13(7-9)4-6-18-8-13/h9-10H,3-8,14H2,1-2H3,(H,15,16)/t9?,10-,13?/m0/s1. The predicted molar refractivity (Wildman–Crippen MR) is 80.9 cm³/mol. The molecule has 0 aromatic carbocycles. The zero-order valence-electron chi connectivity index (χ0n) is 11.6. The van der Waals surface area contributed by atoms with Crippen LogP contribution in [0.2, 0.25) is 0 Å². The van der Waals surface area contributed by atoms with Crippen molar-refractivity contribution in [3.63, 3.8) is 0 Å². The Morgan fingerprint density at radius 1 is 1.63 bits per heavy atom. The van der Waals surface area contributed by atoms with Gasteiger partial charge in [-0.3, -0.25) is 4.79 Å². The maximum Gasteiger partial charge on any atom is 0.321 e. The Morgan fingerprint density at radius 2 is 2.37 bits per heavy atom. The van der Waals surface area contributed by atoms with E-state index in [1.165, 1.54) is 5.75 Å². The Kier molecular flexibility index (Phi) is 4.75. The summed E-state index contributed by atoms with van der Waals surface area (Å²) < 4.78 is 5.55. The summed E-state index contributed by atoms with van der Waals surface area (Å²) in [7, 11) is 0. The molecule has 0 radical (unpaired) electrons. The van der Waals surface area contributed by atoms with Gasteiger partial charge in [-0.15, -0.1) is 11.8 Å². The monoisotopic (exact) mass is 305 g/mol. The lowest BCUT2D eigenvalue weighted by Crippen LogP contribution is -2.49. The van der Waals surface area contributed by atoms with Crippen LogP contribution in [-0.4, -0.2) is 50.8 Å². The van der Waals surface area contributed by atoms with E-state index in [9.17, 15) is 4.79 Å². The molecule has 2 saturated heterocycles. The summed E-state index contributed by atoms with van der Waals surface area (Å²) in [6, 6.07) is -0.825. The second-order valence-corrected chi connectivity index (χ2v) is 9.05. The lowest BCUT2D eigenvalue weighted by Gasteiger charge is -2.41. The van der Waals surface area contributed by atoms with Crippen LogP contribution in [0, 0.1) is 0 Å². The van der Waals surface area contributed by atoms with Gasteiger partial charge in [0.2, 0.25) is 0 Å². The molecular formula is C13H23NO3S2. The molecule has 0 aliphatic carbocycles. The molecule has 2 aliphatic rings. The third-order valence-corrected chi connectivity index (χ3v) is 6.82. The first-order chi connectivity index (χ1) is 8.85. The largest absolute Gasteiger partial charge is 0.480 e. The number of carboxylic acid groups (broad SMARTS) is 1. The van der Waals surface area contributed by atoms with E-state index < -0.39 is 16.8 Å². The van der Waals surface area contributed by atoms with E-state index in [4.69, 9.17) is 15.6 Å². The molecule has 0 saturated carbocycles. The van der Waals surface area contributed by atoms with Crippen molar-refractivity contribution >= 4 is 29.5 Å². The highest BCUT2D eigenvalue weighted by Crippen LogP contribution is 2.44. The van der Waals surface area contributed by atoms with E-state index in [1.54, 1.807) is 11.8 Å². The molecule has 0 aromatic rings. The summed E-state index contributed by atoms with van der Waals surface area (Å²) in [6.07, 6.45) is 3.15. The van der Waals surface area contributed by atoms with Crippen molar-refractivity contribution in [2.24, 2.45) is 5.73 Å². The van der Waals surface area contributed by atoms with Gasteiger partial charge in [-0.25, -0.2) is 0 Å². The average Bonchev–Trinajstić information content (AvgIpc) is 2.75. The minimum atomic E-state index is -0.921. The molecule has 2 aliphatic heterocycles. The Balaban J connectivity index is 1.96. The number of carboxylic acids is 1. The third kappa shape index (κ3) is 3.60. The maximum absolute atomic E-state index is 11.1. The van der Waals surface area contributed by atoms with Crippen LogP contribution in [0.25, 0.3) is 0 Å². The fraction of sp³-hybridized carbons (Fsp3) is 0.923. The summed E-state index contributed by atoms with van der Waals surface area (Å²) in [6.45, 7) is 4.65. The smallest absolute Gasteiger partial charge is 0.321 e. The van der Waals surface area contributed by atoms with Crippen LogP contribution in [-0.2, 0) is 9.53 Å². The molecular weight excluding hydrogens is 282 g/mol. The molecule has 6 heteroatoms. The van der Waals surface area contributed by atoms with Crippen LogP contribution < -0.4 is 5.73 Å². The molecule has 4 nitrogen and oxygen atoms in total. The van der Waals surface area contributed by atoms with E-state index in [1.807, 2.05) is 25.6 Å². The molecule has 3 N–H and O–H groups in total. The Morgan fingerprint density at radius 3 is 2.95 bits per heavy atom. The van der Waals surface area contributed by atoms with E-state index >= 15 is 0 Å². The van der Waals surface area contributed by atoms with Crippen molar-refractivity contribution in [3.05, 3.63) is 0 Å². The van der Waals surface area contributed by atoms with Gasteiger partial charge in [0.15, 0.2) is 0 Å². The molecule has 19 heavy (non-hydrogen) atoms. The van der Waals surface area contributed by atoms with E-state index in [0.717, 1.165) is 31.6 Å². The second kappa shape index (κ2) is 5.84. The summed E-state index contributed by atoms with van der Waals surface area (Å²) in [5, 5.41) is 9.54. The maximum atomic E-state index is 11.1. The predicted octanol–water partition coefficient (Wildman–Crippen LogP) is 1.96. The highest BCUT2D eigenvalue weighted by Gasteiger charge is 2.43. The number of hydrogen-bond acceptors (Lipinski definition) is 5. The molecule has 3 atom stereocenters. The van der Waals surface area contributed by atoms with Crippen molar-refractivity contribution in [2.45, 2.75) is 54.7 Å². The van der Waals surface area contributed by atoms with Gasteiger partial charge in [0.05, 0.1) is 5.60 Å². The first kappa shape index (κ1) is 15.5. The average molecular weight is 305 g/mol. The SMILES string of the molecule is CC(C)(SC1CCOC2(CCSC2)C1)[C@@H](N)C(=O)O. The van der Waals surface area contributed by atoms with Gasteiger partial charge >= 0.3 is 5.97 Å². The van der Waals surface area contributed by atoms with E-state index in [0.29, 0.717) is 5.25 Å². The quantitative estimate of drug-likeness (QED) is 0.827. The number of carbonyl (C=O) groups is 1. The van der Waals surface area contributed by atoms with Crippen molar-refractivity contribution in [3.8, 4) is 0 Å². The number of rotatable bonds is 4. The molecule has 0 amide bonds.